The Morgan fingerprint density at radius 3 is 2.89 bits per heavy atom. The molecule has 5 heteroatoms. The molecule has 2 fully saturated rings. The number of nitrogens with zero attached hydrogens (tertiary/aromatic N) is 3. The van der Waals surface area contributed by atoms with Crippen LogP contribution in [0.15, 0.2) is 4.52 Å². The molecule has 1 aromatic rings. The van der Waals surface area contributed by atoms with E-state index in [2.05, 4.69) is 22.0 Å². The molecular weight excluding hydrogens is 242 g/mol. The van der Waals surface area contributed by atoms with Gasteiger partial charge in [-0.15, -0.1) is 0 Å². The molecule has 3 rings (SSSR count). The second kappa shape index (κ2) is 6.01. The molecule has 1 saturated carbocycles. The molecule has 19 heavy (non-hydrogen) atoms. The van der Waals surface area contributed by atoms with E-state index in [0.29, 0.717) is 6.10 Å². The lowest BCUT2D eigenvalue weighted by atomic mass is 10.2. The second-order valence-electron chi connectivity index (χ2n) is 5.71. The molecule has 2 aliphatic rings. The molecule has 0 bridgehead atoms. The van der Waals surface area contributed by atoms with Gasteiger partial charge in [0.2, 0.25) is 5.89 Å². The van der Waals surface area contributed by atoms with Crippen LogP contribution in [0.1, 0.15) is 44.3 Å². The molecule has 2 heterocycles. The lowest BCUT2D eigenvalue weighted by Crippen LogP contribution is -2.31. The summed E-state index contributed by atoms with van der Waals surface area (Å²) in [6.07, 6.45) is 6.38. The van der Waals surface area contributed by atoms with E-state index < -0.39 is 0 Å². The van der Waals surface area contributed by atoms with Gasteiger partial charge in [0.05, 0.1) is 12.6 Å². The van der Waals surface area contributed by atoms with E-state index in [1.807, 2.05) is 0 Å². The fourth-order valence-corrected chi connectivity index (χ4v) is 2.59. The van der Waals surface area contributed by atoms with Crippen LogP contribution in [0.25, 0.3) is 0 Å². The second-order valence-corrected chi connectivity index (χ2v) is 5.71. The standard InChI is InChI=1S/C14H23N3O2/c1-2-17(9-12-4-3-7-18-12)10-14-15-13(16-19-14)8-11-5-6-11/h11-12H,2-10H2,1H3. The van der Waals surface area contributed by atoms with Crippen LogP contribution in [-0.4, -0.2) is 40.8 Å². The molecule has 0 aromatic carbocycles. The maximum atomic E-state index is 5.68. The van der Waals surface area contributed by atoms with Gasteiger partial charge in [0, 0.05) is 19.6 Å². The normalized spacial score (nSPS) is 23.4. The number of likely N-dealkylation sites (N-methyl/N-ethyl adjacent to an activating group) is 1. The predicted molar refractivity (Wildman–Crippen MR) is 70.7 cm³/mol. The first-order valence-corrected chi connectivity index (χ1v) is 7.49. The van der Waals surface area contributed by atoms with Crippen molar-refractivity contribution in [3.63, 3.8) is 0 Å². The SMILES string of the molecule is CCN(Cc1nc(CC2CC2)no1)CC1CCCO1. The highest BCUT2D eigenvalue weighted by atomic mass is 16.5. The highest BCUT2D eigenvalue weighted by Gasteiger charge is 2.24. The van der Waals surface area contributed by atoms with Crippen molar-refractivity contribution < 1.29 is 9.26 Å². The van der Waals surface area contributed by atoms with Gasteiger partial charge >= 0.3 is 0 Å². The van der Waals surface area contributed by atoms with E-state index >= 15 is 0 Å². The average molecular weight is 265 g/mol. The number of hydrogen-bond donors (Lipinski definition) is 0. The van der Waals surface area contributed by atoms with Crippen LogP contribution < -0.4 is 0 Å². The first-order valence-electron chi connectivity index (χ1n) is 7.49. The van der Waals surface area contributed by atoms with Crippen LogP contribution in [0, 0.1) is 5.92 Å². The highest BCUT2D eigenvalue weighted by molar-refractivity contribution is 4.92. The Bertz CT molecular complexity index is 397. The van der Waals surface area contributed by atoms with Crippen molar-refractivity contribution in [3.05, 3.63) is 11.7 Å². The zero-order valence-electron chi connectivity index (χ0n) is 11.7. The minimum atomic E-state index is 0.383. The van der Waals surface area contributed by atoms with Gasteiger partial charge in [-0.05, 0) is 38.1 Å². The maximum absolute atomic E-state index is 5.68. The Hall–Kier alpha value is -0.940. The number of ether oxygens (including phenoxy) is 1. The van der Waals surface area contributed by atoms with Gasteiger partial charge in [0.25, 0.3) is 0 Å². The molecule has 1 aromatic heterocycles. The van der Waals surface area contributed by atoms with Gasteiger partial charge < -0.3 is 9.26 Å². The fourth-order valence-electron chi connectivity index (χ4n) is 2.59. The summed E-state index contributed by atoms with van der Waals surface area (Å²) in [5, 5.41) is 4.07. The Labute approximate surface area is 114 Å². The summed E-state index contributed by atoms with van der Waals surface area (Å²) in [4.78, 5) is 6.82. The minimum absolute atomic E-state index is 0.383. The summed E-state index contributed by atoms with van der Waals surface area (Å²) in [5.74, 6) is 2.43. The first kappa shape index (κ1) is 13.1. The lowest BCUT2D eigenvalue weighted by Gasteiger charge is -2.21. The number of hydrogen-bond acceptors (Lipinski definition) is 5. The third-order valence-electron chi connectivity index (χ3n) is 3.97. The largest absolute Gasteiger partial charge is 0.377 e. The molecule has 0 N–H and O–H groups in total. The summed E-state index contributed by atoms with van der Waals surface area (Å²) >= 11 is 0. The summed E-state index contributed by atoms with van der Waals surface area (Å²) in [6.45, 7) is 5.77. The van der Waals surface area contributed by atoms with E-state index in [0.717, 1.165) is 50.3 Å². The quantitative estimate of drug-likeness (QED) is 0.755. The van der Waals surface area contributed by atoms with Crippen molar-refractivity contribution in [2.45, 2.75) is 51.7 Å². The maximum Gasteiger partial charge on any atom is 0.240 e. The summed E-state index contributed by atoms with van der Waals surface area (Å²) < 4.78 is 11.0. The van der Waals surface area contributed by atoms with E-state index in [1.165, 1.54) is 25.7 Å². The lowest BCUT2D eigenvalue weighted by molar-refractivity contribution is 0.0689. The molecule has 5 nitrogen and oxygen atoms in total. The average Bonchev–Trinajstić information content (AvgIpc) is 2.90. The summed E-state index contributed by atoms with van der Waals surface area (Å²) in [6, 6.07) is 0. The van der Waals surface area contributed by atoms with Crippen molar-refractivity contribution >= 4 is 0 Å². The van der Waals surface area contributed by atoms with Gasteiger partial charge in [-0.2, -0.15) is 4.98 Å². The molecule has 1 atom stereocenters. The fraction of sp³-hybridized carbons (Fsp3) is 0.857. The van der Waals surface area contributed by atoms with Crippen molar-refractivity contribution in [1.29, 1.82) is 0 Å². The van der Waals surface area contributed by atoms with E-state index in [1.54, 1.807) is 0 Å². The topological polar surface area (TPSA) is 51.4 Å². The van der Waals surface area contributed by atoms with Crippen molar-refractivity contribution in [2.24, 2.45) is 5.92 Å². The van der Waals surface area contributed by atoms with Crippen molar-refractivity contribution in [2.75, 3.05) is 19.7 Å². The van der Waals surface area contributed by atoms with Crippen LogP contribution in [-0.2, 0) is 17.7 Å². The number of aromatic nitrogens is 2. The summed E-state index contributed by atoms with van der Waals surface area (Å²) in [5.41, 5.74) is 0. The van der Waals surface area contributed by atoms with Gasteiger partial charge in [-0.3, -0.25) is 4.90 Å². The molecule has 1 unspecified atom stereocenters. The molecule has 106 valence electrons. The van der Waals surface area contributed by atoms with Gasteiger partial charge in [-0.1, -0.05) is 12.1 Å². The van der Waals surface area contributed by atoms with Gasteiger partial charge in [0.15, 0.2) is 5.82 Å². The Balaban J connectivity index is 1.50. The van der Waals surface area contributed by atoms with Crippen LogP contribution in [0.5, 0.6) is 0 Å². The monoisotopic (exact) mass is 265 g/mol. The van der Waals surface area contributed by atoms with Crippen LogP contribution in [0.3, 0.4) is 0 Å². The zero-order valence-corrected chi connectivity index (χ0v) is 11.7. The highest BCUT2D eigenvalue weighted by Crippen LogP contribution is 2.31. The molecule has 1 aliphatic carbocycles. The third-order valence-corrected chi connectivity index (χ3v) is 3.97. The van der Waals surface area contributed by atoms with Crippen molar-refractivity contribution in [1.82, 2.24) is 15.0 Å². The van der Waals surface area contributed by atoms with Crippen LogP contribution in [0.4, 0.5) is 0 Å². The zero-order chi connectivity index (χ0) is 13.1. The first-order chi connectivity index (χ1) is 9.33. The Kier molecular flexibility index (Phi) is 4.13. The van der Waals surface area contributed by atoms with Crippen LogP contribution in [0.2, 0.25) is 0 Å². The Morgan fingerprint density at radius 1 is 1.32 bits per heavy atom. The molecule has 0 radical (unpaired) electrons. The number of rotatable bonds is 7. The molecule has 0 spiro atoms. The minimum Gasteiger partial charge on any atom is -0.377 e. The summed E-state index contributed by atoms with van der Waals surface area (Å²) in [7, 11) is 0. The van der Waals surface area contributed by atoms with Gasteiger partial charge in [0.1, 0.15) is 0 Å². The smallest absolute Gasteiger partial charge is 0.240 e. The molecular formula is C14H23N3O2. The van der Waals surface area contributed by atoms with E-state index in [-0.39, 0.29) is 0 Å². The van der Waals surface area contributed by atoms with Gasteiger partial charge in [-0.25, -0.2) is 0 Å². The molecule has 1 aliphatic heterocycles. The van der Waals surface area contributed by atoms with E-state index in [4.69, 9.17) is 9.26 Å². The van der Waals surface area contributed by atoms with Crippen LogP contribution >= 0.6 is 0 Å². The molecule has 0 amide bonds. The third kappa shape index (κ3) is 3.76. The predicted octanol–water partition coefficient (Wildman–Crippen LogP) is 2.02. The Morgan fingerprint density at radius 2 is 2.21 bits per heavy atom. The molecule has 1 saturated heterocycles. The van der Waals surface area contributed by atoms with Crippen molar-refractivity contribution in [3.8, 4) is 0 Å². The van der Waals surface area contributed by atoms with E-state index in [9.17, 15) is 0 Å².